The summed E-state index contributed by atoms with van der Waals surface area (Å²) in [6.07, 6.45) is 0.926. The van der Waals surface area contributed by atoms with Crippen molar-refractivity contribution in [3.05, 3.63) is 70.9 Å². The number of carbonyl (C=O) groups is 2. The van der Waals surface area contributed by atoms with Gasteiger partial charge in [-0.2, -0.15) is 0 Å². The number of carboxylic acid groups (broad SMARTS) is 1. The molecule has 2 aromatic carbocycles. The molecule has 1 amide bonds. The van der Waals surface area contributed by atoms with Gasteiger partial charge in [0, 0.05) is 42.1 Å². The minimum atomic E-state index is -0.924. The highest BCUT2D eigenvalue weighted by molar-refractivity contribution is 5.88. The molecule has 1 aliphatic heterocycles. The lowest BCUT2D eigenvalue weighted by molar-refractivity contribution is -0.119. The molecule has 1 aliphatic rings. The second-order valence-electron chi connectivity index (χ2n) is 7.26. The van der Waals surface area contributed by atoms with Crippen molar-refractivity contribution in [2.45, 2.75) is 32.9 Å². The molecule has 6 nitrogen and oxygen atoms in total. The third-order valence-electron chi connectivity index (χ3n) is 5.48. The van der Waals surface area contributed by atoms with Crippen LogP contribution in [0.3, 0.4) is 0 Å². The number of para-hydroxylation sites is 1. The lowest BCUT2D eigenvalue weighted by atomic mass is 9.92. The fourth-order valence-electron chi connectivity index (χ4n) is 4.25. The number of hydrogen-bond acceptors (Lipinski definition) is 3. The highest BCUT2D eigenvalue weighted by atomic mass is 16.4. The van der Waals surface area contributed by atoms with Gasteiger partial charge in [0.25, 0.3) is 0 Å². The van der Waals surface area contributed by atoms with Crippen LogP contribution in [0.4, 0.5) is 0 Å². The van der Waals surface area contributed by atoms with Crippen molar-refractivity contribution in [1.29, 1.82) is 0 Å². The summed E-state index contributed by atoms with van der Waals surface area (Å²) in [5.41, 5.74) is 4.92. The molecule has 3 aromatic rings. The predicted molar refractivity (Wildman–Crippen MR) is 119 cm³/mol. The van der Waals surface area contributed by atoms with Gasteiger partial charge < -0.3 is 19.9 Å². The molecule has 4 rings (SSSR count). The van der Waals surface area contributed by atoms with Crippen LogP contribution in [0.25, 0.3) is 10.9 Å². The first kappa shape index (κ1) is 21.6. The van der Waals surface area contributed by atoms with Crippen LogP contribution < -0.4 is 5.32 Å². The van der Waals surface area contributed by atoms with Gasteiger partial charge in [-0.1, -0.05) is 44.2 Å². The third kappa shape index (κ3) is 4.09. The van der Waals surface area contributed by atoms with Gasteiger partial charge in [0.05, 0.1) is 12.1 Å². The summed E-state index contributed by atoms with van der Waals surface area (Å²) in [6, 6.07) is 15.3. The summed E-state index contributed by atoms with van der Waals surface area (Å²) < 4.78 is 2.26. The zero-order valence-corrected chi connectivity index (χ0v) is 17.8. The van der Waals surface area contributed by atoms with Gasteiger partial charge in [-0.3, -0.25) is 4.79 Å². The van der Waals surface area contributed by atoms with E-state index in [4.69, 9.17) is 5.11 Å². The zero-order chi connectivity index (χ0) is 21.7. The van der Waals surface area contributed by atoms with Gasteiger partial charge in [-0.15, -0.1) is 0 Å². The van der Waals surface area contributed by atoms with E-state index in [1.807, 2.05) is 44.0 Å². The Morgan fingerprint density at radius 1 is 1.17 bits per heavy atom. The van der Waals surface area contributed by atoms with Gasteiger partial charge >= 0.3 is 5.97 Å². The number of likely N-dealkylation sites (N-methyl/N-ethyl adjacent to an activating group) is 1. The Bertz CT molecular complexity index is 1020. The monoisotopic (exact) mass is 407 g/mol. The molecule has 0 saturated heterocycles. The maximum absolute atomic E-state index is 11.5. The number of carboxylic acids is 1. The van der Waals surface area contributed by atoms with E-state index in [2.05, 4.69) is 28.1 Å². The number of aromatic carboxylic acids is 1. The number of rotatable bonds is 6. The molecule has 0 bridgehead atoms. The van der Waals surface area contributed by atoms with Gasteiger partial charge in [0.1, 0.15) is 0 Å². The summed E-state index contributed by atoms with van der Waals surface area (Å²) >= 11 is 0. The lowest BCUT2D eigenvalue weighted by Gasteiger charge is -2.31. The van der Waals surface area contributed by atoms with E-state index in [9.17, 15) is 9.59 Å². The molecule has 2 N–H and O–H groups in total. The smallest absolute Gasteiger partial charge is 0.335 e. The topological polar surface area (TPSA) is 74.6 Å². The van der Waals surface area contributed by atoms with Crippen molar-refractivity contribution < 1.29 is 14.7 Å². The molecule has 0 aliphatic carbocycles. The fourth-order valence-corrected chi connectivity index (χ4v) is 4.25. The quantitative estimate of drug-likeness (QED) is 0.611. The first-order valence-corrected chi connectivity index (χ1v) is 10.4. The number of nitrogens with zero attached hydrogens (tertiary/aromatic N) is 2. The average Bonchev–Trinajstić information content (AvgIpc) is 3.09. The van der Waals surface area contributed by atoms with Crippen molar-refractivity contribution in [1.82, 2.24) is 14.8 Å². The largest absolute Gasteiger partial charge is 0.478 e. The molecule has 0 spiro atoms. The van der Waals surface area contributed by atoms with E-state index in [0.717, 1.165) is 29.7 Å². The van der Waals surface area contributed by atoms with Gasteiger partial charge in [0.2, 0.25) is 6.41 Å². The molecule has 0 saturated carbocycles. The summed E-state index contributed by atoms with van der Waals surface area (Å²) in [6.45, 7) is 6.73. The molecular weight excluding hydrogens is 378 g/mol. The second-order valence-corrected chi connectivity index (χ2v) is 7.26. The Morgan fingerprint density at radius 3 is 2.50 bits per heavy atom. The van der Waals surface area contributed by atoms with E-state index in [1.165, 1.54) is 10.9 Å². The highest BCUT2D eigenvalue weighted by Gasteiger charge is 2.30. The van der Waals surface area contributed by atoms with Crippen LogP contribution in [0.2, 0.25) is 0 Å². The van der Waals surface area contributed by atoms with E-state index in [1.54, 1.807) is 12.1 Å². The molecule has 2 heterocycles. The lowest BCUT2D eigenvalue weighted by Crippen LogP contribution is -2.37. The van der Waals surface area contributed by atoms with Crippen LogP contribution in [0.5, 0.6) is 0 Å². The number of aromatic nitrogens is 1. The Balaban J connectivity index is 0.00000124. The van der Waals surface area contributed by atoms with Crippen LogP contribution in [0.15, 0.2) is 48.5 Å². The van der Waals surface area contributed by atoms with Crippen molar-refractivity contribution in [3.63, 3.8) is 0 Å². The van der Waals surface area contributed by atoms with Crippen LogP contribution in [0, 0.1) is 0 Å². The molecule has 1 aromatic heterocycles. The Labute approximate surface area is 177 Å². The van der Waals surface area contributed by atoms with Crippen LogP contribution in [0.1, 0.15) is 46.9 Å². The number of fused-ring (bicyclic) bond motifs is 3. The van der Waals surface area contributed by atoms with Gasteiger partial charge in [0.15, 0.2) is 0 Å². The van der Waals surface area contributed by atoms with Crippen molar-refractivity contribution in [2.75, 3.05) is 20.1 Å². The minimum absolute atomic E-state index is 0.236. The van der Waals surface area contributed by atoms with Crippen molar-refractivity contribution >= 4 is 23.3 Å². The average molecular weight is 408 g/mol. The van der Waals surface area contributed by atoms with Crippen LogP contribution in [-0.4, -0.2) is 47.1 Å². The first-order chi connectivity index (χ1) is 14.6. The first-order valence-electron chi connectivity index (χ1n) is 10.4. The molecule has 1 unspecified atom stereocenters. The van der Waals surface area contributed by atoms with E-state index >= 15 is 0 Å². The summed E-state index contributed by atoms with van der Waals surface area (Å²) in [5, 5.41) is 13.6. The van der Waals surface area contributed by atoms with Crippen LogP contribution in [-0.2, 0) is 17.9 Å². The molecule has 158 valence electrons. The van der Waals surface area contributed by atoms with E-state index < -0.39 is 5.97 Å². The summed E-state index contributed by atoms with van der Waals surface area (Å²) in [4.78, 5) is 24.5. The highest BCUT2D eigenvalue weighted by Crippen LogP contribution is 2.37. The summed E-state index contributed by atoms with van der Waals surface area (Å²) in [5.74, 6) is -0.689. The van der Waals surface area contributed by atoms with E-state index in [0.29, 0.717) is 19.6 Å². The Hall–Kier alpha value is -3.12. The number of hydrogen-bond donors (Lipinski definition) is 2. The van der Waals surface area contributed by atoms with Crippen molar-refractivity contribution in [3.8, 4) is 0 Å². The molecule has 30 heavy (non-hydrogen) atoms. The molecular formula is C24H29N3O3. The standard InChI is InChI=1S/C22H23N3O3.C2H6/c1-23-10-17-12-24(14-26)13-20-21(17)18-4-2-3-5-19(18)25(20)11-15-6-8-16(9-7-15)22(27)28;1-2/h2-9,14,17,23H,10-13H2,1H3,(H,27,28);1-2H3. The number of nitrogens with one attached hydrogen (secondary N) is 1. The van der Waals surface area contributed by atoms with Gasteiger partial charge in [-0.25, -0.2) is 4.79 Å². The second kappa shape index (κ2) is 9.59. The van der Waals surface area contributed by atoms with Crippen LogP contribution >= 0.6 is 0 Å². The Kier molecular flexibility index (Phi) is 6.90. The van der Waals surface area contributed by atoms with Gasteiger partial charge in [-0.05, 0) is 36.4 Å². The molecule has 1 atom stereocenters. The SMILES string of the molecule is CC.CNCC1CN(C=O)Cc2c1c1ccccc1n2Cc1ccc(C(=O)O)cc1. The molecule has 0 radical (unpaired) electrons. The molecule has 0 fully saturated rings. The van der Waals surface area contributed by atoms with Crippen molar-refractivity contribution in [2.24, 2.45) is 0 Å². The number of amides is 1. The molecule has 6 heteroatoms. The Morgan fingerprint density at radius 2 is 1.87 bits per heavy atom. The normalized spacial score (nSPS) is 15.3. The predicted octanol–water partition coefficient (Wildman–Crippen LogP) is 3.69. The maximum Gasteiger partial charge on any atom is 0.335 e. The maximum atomic E-state index is 11.5. The minimum Gasteiger partial charge on any atom is -0.478 e. The summed E-state index contributed by atoms with van der Waals surface area (Å²) in [7, 11) is 1.93. The number of carbonyl (C=O) groups excluding carboxylic acids is 1. The fraction of sp³-hybridized carbons (Fsp3) is 0.333. The third-order valence-corrected chi connectivity index (χ3v) is 5.48. The zero-order valence-electron chi connectivity index (χ0n) is 17.8. The number of benzene rings is 2. The van der Waals surface area contributed by atoms with E-state index in [-0.39, 0.29) is 11.5 Å².